The number of urea groups is 1. The number of nitrogens with one attached hydrogen (secondary N) is 2. The Hall–Kier alpha value is -2.22. The fourth-order valence-corrected chi connectivity index (χ4v) is 3.26. The first-order valence-corrected chi connectivity index (χ1v) is 8.83. The van der Waals surface area contributed by atoms with Gasteiger partial charge in [-0.3, -0.25) is 14.2 Å². The fourth-order valence-electron chi connectivity index (χ4n) is 2.87. The number of imidazole rings is 1. The van der Waals surface area contributed by atoms with Crippen LogP contribution in [0.15, 0.2) is 12.5 Å². The lowest BCUT2D eigenvalue weighted by atomic mass is 10.0. The second-order valence-electron chi connectivity index (χ2n) is 5.74. The Balaban J connectivity index is 1.60. The number of hydrogen-bond donors (Lipinski definition) is 3. The van der Waals surface area contributed by atoms with Crippen molar-refractivity contribution in [1.29, 1.82) is 0 Å². The van der Waals surface area contributed by atoms with Gasteiger partial charge in [-0.05, 0) is 19.8 Å². The summed E-state index contributed by atoms with van der Waals surface area (Å²) in [5, 5.41) is 0.580. The van der Waals surface area contributed by atoms with E-state index in [0.29, 0.717) is 23.6 Å². The van der Waals surface area contributed by atoms with Crippen LogP contribution in [0.5, 0.6) is 0 Å². The number of H-pyrrole nitrogens is 1. The molecule has 3 rings (SSSR count). The number of hydrogen-bond acceptors (Lipinski definition) is 7. The summed E-state index contributed by atoms with van der Waals surface area (Å²) in [6.07, 6.45) is 3.19. The lowest BCUT2D eigenvalue weighted by Gasteiger charge is -2.29. The van der Waals surface area contributed by atoms with Crippen molar-refractivity contribution in [2.75, 3.05) is 6.54 Å². The molecule has 13 heteroatoms. The zero-order valence-corrected chi connectivity index (χ0v) is 14.0. The second kappa shape index (κ2) is 6.59. The average molecular weight is 375 g/mol. The van der Waals surface area contributed by atoms with Gasteiger partial charge in [-0.15, -0.1) is 4.28 Å². The van der Waals surface area contributed by atoms with Crippen molar-refractivity contribution in [1.82, 2.24) is 25.4 Å². The smallest absolute Gasteiger partial charge is 0.346 e. The molecule has 3 heterocycles. The van der Waals surface area contributed by atoms with Crippen LogP contribution in [-0.4, -0.2) is 63.5 Å². The van der Waals surface area contributed by atoms with Gasteiger partial charge >= 0.3 is 16.4 Å². The summed E-state index contributed by atoms with van der Waals surface area (Å²) in [5.74, 6) is -0.535. The van der Waals surface area contributed by atoms with Crippen LogP contribution >= 0.6 is 0 Å². The highest BCUT2D eigenvalue weighted by Crippen LogP contribution is 2.30. The monoisotopic (exact) mass is 375 g/mol. The predicted octanol–water partition coefficient (Wildman–Crippen LogP) is -0.478. The van der Waals surface area contributed by atoms with Crippen molar-refractivity contribution < 1.29 is 31.7 Å². The van der Waals surface area contributed by atoms with E-state index in [-0.39, 0.29) is 6.54 Å². The molecule has 138 valence electrons. The number of hydroxylamine groups is 3. The van der Waals surface area contributed by atoms with Gasteiger partial charge in [-0.25, -0.2) is 15.3 Å². The molecule has 2 saturated heterocycles. The Bertz CT molecular complexity index is 752. The van der Waals surface area contributed by atoms with Gasteiger partial charge in [0.05, 0.1) is 24.3 Å². The van der Waals surface area contributed by atoms with E-state index in [2.05, 4.69) is 19.7 Å². The van der Waals surface area contributed by atoms with Gasteiger partial charge in [-0.1, -0.05) is 0 Å². The number of nitrogens with zero attached hydrogens (tertiary/aromatic N) is 3. The molecule has 2 aliphatic rings. The molecule has 2 aliphatic heterocycles. The van der Waals surface area contributed by atoms with Gasteiger partial charge in [0, 0.05) is 6.54 Å². The third-order valence-corrected chi connectivity index (χ3v) is 4.44. The Morgan fingerprint density at radius 1 is 1.52 bits per heavy atom. The van der Waals surface area contributed by atoms with Crippen LogP contribution in [0.25, 0.3) is 0 Å². The highest BCUT2D eigenvalue weighted by atomic mass is 32.3. The van der Waals surface area contributed by atoms with Crippen molar-refractivity contribution in [2.45, 2.75) is 38.0 Å². The minimum atomic E-state index is -4.82. The molecule has 1 aromatic heterocycles. The number of aromatic nitrogens is 2. The maximum atomic E-state index is 12.3. The first-order chi connectivity index (χ1) is 11.8. The van der Waals surface area contributed by atoms with E-state index in [4.69, 9.17) is 9.39 Å². The molecular weight excluding hydrogens is 358 g/mol. The van der Waals surface area contributed by atoms with Crippen LogP contribution in [0.1, 0.15) is 31.6 Å². The fraction of sp³-hybridized carbons (Fsp3) is 0.583. The summed E-state index contributed by atoms with van der Waals surface area (Å²) < 4.78 is 34.7. The molecule has 1 aromatic rings. The third-order valence-electron chi connectivity index (χ3n) is 4.09. The van der Waals surface area contributed by atoms with Crippen LogP contribution in [-0.2, 0) is 24.3 Å². The first-order valence-electron chi connectivity index (χ1n) is 7.47. The van der Waals surface area contributed by atoms with Crippen molar-refractivity contribution in [3.8, 4) is 0 Å². The standard InChI is InChI=1S/C12H17N5O7S/c1-7(9-4-13-6-14-9)23-15-11(18)10-3-2-8-5-16(10)12(19)17(8)24-25(20,21)22/h4,6-8,10H,2-3,5H2,1H3,(H,13,14)(H,15,18)(H,20,21,22)/t7?,8-,10+/m1/s1. The van der Waals surface area contributed by atoms with Crippen LogP contribution < -0.4 is 5.48 Å². The summed E-state index contributed by atoms with van der Waals surface area (Å²) in [4.78, 5) is 37.7. The Morgan fingerprint density at radius 2 is 2.28 bits per heavy atom. The summed E-state index contributed by atoms with van der Waals surface area (Å²) in [7, 11) is -4.82. The number of fused-ring (bicyclic) bond motifs is 2. The number of carbonyl (C=O) groups is 2. The number of carbonyl (C=O) groups excluding carboxylic acids is 2. The molecule has 3 amide bonds. The molecule has 0 saturated carbocycles. The van der Waals surface area contributed by atoms with Crippen LogP contribution in [0.3, 0.4) is 0 Å². The van der Waals surface area contributed by atoms with E-state index in [0.717, 1.165) is 0 Å². The van der Waals surface area contributed by atoms with Crippen LogP contribution in [0, 0.1) is 0 Å². The largest absolute Gasteiger partial charge is 0.418 e. The third kappa shape index (κ3) is 3.73. The summed E-state index contributed by atoms with van der Waals surface area (Å²) in [6, 6.07) is -2.18. The van der Waals surface area contributed by atoms with Crippen LogP contribution in [0.4, 0.5) is 4.79 Å². The Kier molecular flexibility index (Phi) is 4.64. The van der Waals surface area contributed by atoms with Gasteiger partial charge in [0.25, 0.3) is 5.91 Å². The molecule has 0 radical (unpaired) electrons. The summed E-state index contributed by atoms with van der Waals surface area (Å²) in [6.45, 7) is 1.82. The highest BCUT2D eigenvalue weighted by molar-refractivity contribution is 7.80. The van der Waals surface area contributed by atoms with E-state index >= 15 is 0 Å². The SMILES string of the molecule is CC(ONC(=O)[C@@H]1CC[C@@H]2CN1C(=O)N2OS(=O)(=O)O)c1cnc[nH]1. The van der Waals surface area contributed by atoms with E-state index < -0.39 is 40.5 Å². The van der Waals surface area contributed by atoms with Gasteiger partial charge in [0.15, 0.2) is 0 Å². The normalized spacial score (nSPS) is 24.5. The maximum Gasteiger partial charge on any atom is 0.418 e. The zero-order valence-electron chi connectivity index (χ0n) is 13.2. The number of aromatic amines is 1. The number of rotatable bonds is 6. The van der Waals surface area contributed by atoms with E-state index in [1.165, 1.54) is 11.2 Å². The first kappa shape index (κ1) is 17.6. The molecule has 2 bridgehead atoms. The van der Waals surface area contributed by atoms with Crippen LogP contribution in [0.2, 0.25) is 0 Å². The molecule has 0 aromatic carbocycles. The molecule has 25 heavy (non-hydrogen) atoms. The number of amides is 3. The molecular formula is C12H17N5O7S. The molecule has 1 unspecified atom stereocenters. The topological polar surface area (TPSA) is 154 Å². The van der Waals surface area contributed by atoms with E-state index in [1.54, 1.807) is 13.1 Å². The minimum Gasteiger partial charge on any atom is -0.346 e. The van der Waals surface area contributed by atoms with Gasteiger partial charge in [0.1, 0.15) is 12.1 Å². The van der Waals surface area contributed by atoms with Crippen molar-refractivity contribution in [2.24, 2.45) is 0 Å². The number of piperidine rings is 1. The molecule has 0 spiro atoms. The average Bonchev–Trinajstić information content (AvgIpc) is 3.16. The molecule has 12 nitrogen and oxygen atoms in total. The zero-order chi connectivity index (χ0) is 18.2. The molecule has 3 atom stereocenters. The van der Waals surface area contributed by atoms with E-state index in [9.17, 15) is 18.0 Å². The Morgan fingerprint density at radius 3 is 2.92 bits per heavy atom. The molecule has 0 aliphatic carbocycles. The van der Waals surface area contributed by atoms with Gasteiger partial charge in [-0.2, -0.15) is 13.5 Å². The molecule has 3 N–H and O–H groups in total. The van der Waals surface area contributed by atoms with Crippen molar-refractivity contribution in [3.63, 3.8) is 0 Å². The summed E-state index contributed by atoms with van der Waals surface area (Å²) in [5.41, 5.74) is 2.96. The van der Waals surface area contributed by atoms with Gasteiger partial charge < -0.3 is 9.88 Å². The minimum absolute atomic E-state index is 0.114. The summed E-state index contributed by atoms with van der Waals surface area (Å²) >= 11 is 0. The lowest BCUT2D eigenvalue weighted by molar-refractivity contribution is -0.143. The van der Waals surface area contributed by atoms with Gasteiger partial charge in [0.2, 0.25) is 0 Å². The molecule has 2 fully saturated rings. The lowest BCUT2D eigenvalue weighted by Crippen LogP contribution is -2.49. The van der Waals surface area contributed by atoms with E-state index in [1.807, 2.05) is 0 Å². The second-order valence-corrected chi connectivity index (χ2v) is 6.75. The highest BCUT2D eigenvalue weighted by Gasteiger charge is 2.49. The maximum absolute atomic E-state index is 12.3. The van der Waals surface area contributed by atoms with Crippen molar-refractivity contribution >= 4 is 22.3 Å². The van der Waals surface area contributed by atoms with Crippen molar-refractivity contribution in [3.05, 3.63) is 18.2 Å². The predicted molar refractivity (Wildman–Crippen MR) is 79.6 cm³/mol. The Labute approximate surface area is 142 Å². The quantitative estimate of drug-likeness (QED) is 0.445.